The molecule has 0 saturated carbocycles. The van der Waals surface area contributed by atoms with Crippen LogP contribution in [0.3, 0.4) is 0 Å². The van der Waals surface area contributed by atoms with Crippen molar-refractivity contribution in [2.45, 2.75) is 23.1 Å². The van der Waals surface area contributed by atoms with E-state index < -0.39 is 0 Å². The molecular weight excluding hydrogens is 376 g/mol. The summed E-state index contributed by atoms with van der Waals surface area (Å²) in [5.74, 6) is 1.94. The third kappa shape index (κ3) is 4.95. The van der Waals surface area contributed by atoms with E-state index in [1.807, 2.05) is 11.8 Å². The first-order valence-electron chi connectivity index (χ1n) is 10.3. The molecule has 150 valence electrons. The molecule has 0 radical (unpaired) electrons. The van der Waals surface area contributed by atoms with Crippen molar-refractivity contribution >= 4 is 17.4 Å². The predicted octanol–water partition coefficient (Wildman–Crippen LogP) is 4.41. The van der Waals surface area contributed by atoms with Gasteiger partial charge in [0.1, 0.15) is 5.75 Å². The van der Waals surface area contributed by atoms with E-state index >= 15 is 0 Å². The highest BCUT2D eigenvalue weighted by atomic mass is 32.2. The topological polar surface area (TPSA) is 25.7 Å². The maximum absolute atomic E-state index is 5.89. The molecular formula is C25H29N2OS+. The molecule has 0 unspecified atom stereocenters. The Labute approximate surface area is 178 Å². The van der Waals surface area contributed by atoms with Gasteiger partial charge in [-0.2, -0.15) is 0 Å². The Morgan fingerprint density at radius 2 is 1.66 bits per heavy atom. The summed E-state index contributed by atoms with van der Waals surface area (Å²) in [5, 5.41) is 3.77. The summed E-state index contributed by atoms with van der Waals surface area (Å²) in [5.41, 5.74) is 5.20. The molecule has 4 heteroatoms. The van der Waals surface area contributed by atoms with Crippen molar-refractivity contribution < 1.29 is 9.64 Å². The van der Waals surface area contributed by atoms with Crippen LogP contribution in [0.25, 0.3) is 0 Å². The summed E-state index contributed by atoms with van der Waals surface area (Å²) < 4.78 is 5.89. The Morgan fingerprint density at radius 1 is 0.931 bits per heavy atom. The molecule has 3 aromatic rings. The lowest BCUT2D eigenvalue weighted by atomic mass is 9.95. The normalized spacial score (nSPS) is 15.3. The van der Waals surface area contributed by atoms with Gasteiger partial charge in [-0.1, -0.05) is 42.5 Å². The lowest BCUT2D eigenvalue weighted by molar-refractivity contribution is -0.858. The number of rotatable bonds is 7. The lowest BCUT2D eigenvalue weighted by Gasteiger charge is -2.23. The van der Waals surface area contributed by atoms with Crippen LogP contribution in [0.5, 0.6) is 5.75 Å². The average Bonchev–Trinajstić information content (AvgIpc) is 2.90. The van der Waals surface area contributed by atoms with E-state index in [0.717, 1.165) is 36.8 Å². The van der Waals surface area contributed by atoms with Crippen LogP contribution >= 0.6 is 11.8 Å². The minimum Gasteiger partial charge on any atom is -0.493 e. The molecule has 0 bridgehead atoms. The zero-order valence-corrected chi connectivity index (χ0v) is 18.0. The molecule has 0 amide bonds. The zero-order chi connectivity index (χ0) is 20.1. The first-order chi connectivity index (χ1) is 14.2. The lowest BCUT2D eigenvalue weighted by Crippen LogP contribution is -3.05. The molecule has 1 heterocycles. The van der Waals surface area contributed by atoms with Crippen molar-refractivity contribution in [3.8, 4) is 5.75 Å². The molecule has 29 heavy (non-hydrogen) atoms. The molecule has 0 spiro atoms. The van der Waals surface area contributed by atoms with Crippen molar-refractivity contribution in [2.24, 2.45) is 0 Å². The Bertz CT molecular complexity index is 892. The molecule has 2 N–H and O–H groups in total. The van der Waals surface area contributed by atoms with E-state index in [1.165, 1.54) is 26.5 Å². The van der Waals surface area contributed by atoms with E-state index in [9.17, 15) is 0 Å². The van der Waals surface area contributed by atoms with Crippen molar-refractivity contribution in [3.05, 3.63) is 89.5 Å². The van der Waals surface area contributed by atoms with Crippen molar-refractivity contribution in [2.75, 3.05) is 32.6 Å². The van der Waals surface area contributed by atoms with E-state index in [0.29, 0.717) is 0 Å². The molecule has 4 rings (SSSR count). The van der Waals surface area contributed by atoms with Crippen LogP contribution in [0, 0.1) is 0 Å². The van der Waals surface area contributed by atoms with Gasteiger partial charge in [0.25, 0.3) is 0 Å². The Kier molecular flexibility index (Phi) is 6.43. The second-order valence-corrected chi connectivity index (χ2v) is 8.80. The van der Waals surface area contributed by atoms with Gasteiger partial charge in [0, 0.05) is 22.8 Å². The van der Waals surface area contributed by atoms with Gasteiger partial charge in [-0.25, -0.2) is 0 Å². The summed E-state index contributed by atoms with van der Waals surface area (Å²) in [6.45, 7) is 1.89. The smallest absolute Gasteiger partial charge is 0.119 e. The first-order valence-corrected chi connectivity index (χ1v) is 11.3. The number of nitrogens with one attached hydrogen (secondary N) is 2. The number of fused-ring (bicyclic) bond motifs is 2. The number of hydrogen-bond acceptors (Lipinski definition) is 3. The summed E-state index contributed by atoms with van der Waals surface area (Å²) in [6.07, 6.45) is 1.07. The van der Waals surface area contributed by atoms with Crippen LogP contribution in [0.1, 0.15) is 29.2 Å². The van der Waals surface area contributed by atoms with Gasteiger partial charge in [-0.3, -0.25) is 0 Å². The summed E-state index contributed by atoms with van der Waals surface area (Å²) in [7, 11) is 4.34. The molecule has 0 aliphatic carbocycles. The second-order valence-electron chi connectivity index (χ2n) is 7.79. The second kappa shape index (κ2) is 9.38. The number of ether oxygens (including phenoxy) is 1. The van der Waals surface area contributed by atoms with Gasteiger partial charge in [-0.05, 0) is 47.0 Å². The number of anilines is 1. The summed E-state index contributed by atoms with van der Waals surface area (Å²) in [6, 6.07) is 26.0. The Balaban J connectivity index is 1.52. The third-order valence-corrected chi connectivity index (χ3v) is 6.37. The molecule has 1 aliphatic heterocycles. The molecule has 3 nitrogen and oxygen atoms in total. The highest BCUT2D eigenvalue weighted by Gasteiger charge is 2.23. The maximum atomic E-state index is 5.89. The fourth-order valence-corrected chi connectivity index (χ4v) is 4.81. The molecule has 0 saturated heterocycles. The number of hydrogen-bond donors (Lipinski definition) is 2. The van der Waals surface area contributed by atoms with Crippen LogP contribution in [-0.2, 0) is 5.75 Å². The van der Waals surface area contributed by atoms with E-state index in [1.54, 1.807) is 0 Å². The van der Waals surface area contributed by atoms with Crippen molar-refractivity contribution in [1.82, 2.24) is 0 Å². The number of thioether (sulfide) groups is 1. The standard InChI is InChI=1S/C25H28N2OS/c1-27(2)16-7-17-28-21-14-12-20(13-15-21)26-25-22-9-4-3-8-19(22)18-29-24-11-6-5-10-23(24)25/h3-6,8-15,25-26H,7,16-18H2,1-2H3/p+1/t25-/m1/s1. The van der Waals surface area contributed by atoms with Crippen LogP contribution < -0.4 is 15.0 Å². The number of benzene rings is 3. The first kappa shape index (κ1) is 19.9. The largest absolute Gasteiger partial charge is 0.493 e. The third-order valence-electron chi connectivity index (χ3n) is 5.23. The Morgan fingerprint density at radius 3 is 2.45 bits per heavy atom. The van der Waals surface area contributed by atoms with Crippen LogP contribution in [0.2, 0.25) is 0 Å². The zero-order valence-electron chi connectivity index (χ0n) is 17.2. The Hall–Kier alpha value is -2.43. The van der Waals surface area contributed by atoms with Crippen molar-refractivity contribution in [1.29, 1.82) is 0 Å². The van der Waals surface area contributed by atoms with Gasteiger partial charge < -0.3 is 15.0 Å². The van der Waals surface area contributed by atoms with E-state index in [4.69, 9.17) is 4.74 Å². The van der Waals surface area contributed by atoms with Gasteiger partial charge in [0.15, 0.2) is 0 Å². The number of quaternary nitrogens is 1. The fourth-order valence-electron chi connectivity index (χ4n) is 3.71. The van der Waals surface area contributed by atoms with Gasteiger partial charge in [-0.15, -0.1) is 11.8 Å². The molecule has 3 aromatic carbocycles. The molecule has 0 fully saturated rings. The minimum atomic E-state index is 0.146. The predicted molar refractivity (Wildman–Crippen MR) is 122 cm³/mol. The summed E-state index contributed by atoms with van der Waals surface area (Å²) >= 11 is 1.92. The van der Waals surface area contributed by atoms with Crippen LogP contribution in [-0.4, -0.2) is 27.2 Å². The van der Waals surface area contributed by atoms with Gasteiger partial charge >= 0.3 is 0 Å². The van der Waals surface area contributed by atoms with Crippen LogP contribution in [0.4, 0.5) is 5.69 Å². The minimum absolute atomic E-state index is 0.146. The van der Waals surface area contributed by atoms with E-state index in [-0.39, 0.29) is 6.04 Å². The summed E-state index contributed by atoms with van der Waals surface area (Å²) in [4.78, 5) is 2.81. The maximum Gasteiger partial charge on any atom is 0.119 e. The highest BCUT2D eigenvalue weighted by Crippen LogP contribution is 2.40. The SMILES string of the molecule is C[NH+](C)CCCOc1ccc(N[C@@H]2c3ccccc3CSc3ccccc32)cc1. The van der Waals surface area contributed by atoms with Crippen molar-refractivity contribution in [3.63, 3.8) is 0 Å². The fraction of sp³-hybridized carbons (Fsp3) is 0.280. The molecule has 1 atom stereocenters. The average molecular weight is 406 g/mol. The van der Waals surface area contributed by atoms with Crippen LogP contribution in [0.15, 0.2) is 77.7 Å². The monoisotopic (exact) mass is 405 g/mol. The molecule has 0 aromatic heterocycles. The van der Waals surface area contributed by atoms with Gasteiger partial charge in [0.2, 0.25) is 0 Å². The van der Waals surface area contributed by atoms with E-state index in [2.05, 4.69) is 92.2 Å². The van der Waals surface area contributed by atoms with Gasteiger partial charge in [0.05, 0.1) is 33.3 Å². The highest BCUT2D eigenvalue weighted by molar-refractivity contribution is 7.98. The molecule has 1 aliphatic rings. The quantitative estimate of drug-likeness (QED) is 0.570.